The van der Waals surface area contributed by atoms with E-state index in [0.29, 0.717) is 16.8 Å². The first-order valence-electron chi connectivity index (χ1n) is 7.66. The van der Waals surface area contributed by atoms with Gasteiger partial charge in [0.15, 0.2) is 0 Å². The van der Waals surface area contributed by atoms with Crippen molar-refractivity contribution in [2.45, 2.75) is 12.5 Å². The zero-order chi connectivity index (χ0) is 18.0. The highest BCUT2D eigenvalue weighted by atomic mass is 19.1. The lowest BCUT2D eigenvalue weighted by molar-refractivity contribution is -0.126. The Hall–Kier alpha value is -3.22. The zero-order valence-electron chi connectivity index (χ0n) is 13.5. The maximum Gasteiger partial charge on any atom is 0.324 e. The minimum Gasteiger partial charge on any atom is -0.326 e. The summed E-state index contributed by atoms with van der Waals surface area (Å²) in [5, 5.41) is 5.32. The Morgan fingerprint density at radius 2 is 1.92 bits per heavy atom. The predicted molar refractivity (Wildman–Crippen MR) is 89.2 cm³/mol. The molecule has 128 valence electrons. The smallest absolute Gasteiger partial charge is 0.324 e. The Kier molecular flexibility index (Phi) is 4.47. The molecular formula is C18H16FN3O3. The summed E-state index contributed by atoms with van der Waals surface area (Å²) in [6, 6.07) is 11.2. The van der Waals surface area contributed by atoms with E-state index in [1.807, 2.05) is 0 Å². The van der Waals surface area contributed by atoms with Crippen LogP contribution in [0.5, 0.6) is 0 Å². The quantitative estimate of drug-likeness (QED) is 0.837. The van der Waals surface area contributed by atoms with E-state index in [-0.39, 0.29) is 24.1 Å². The second-order valence-corrected chi connectivity index (χ2v) is 5.76. The van der Waals surface area contributed by atoms with Gasteiger partial charge in [0.1, 0.15) is 11.9 Å². The standard InChI is InChI=1S/C18H16FN3O3/c1-22-17(24)16(21-18(22)25)12-3-2-4-14(10-12)20-15(23)9-11-5-7-13(19)8-6-11/h2-8,10,16H,9H2,1H3,(H,20,23)(H,21,25). The number of hydrogen-bond acceptors (Lipinski definition) is 3. The fraction of sp³-hybridized carbons (Fsp3) is 0.167. The lowest BCUT2D eigenvalue weighted by Crippen LogP contribution is -2.25. The lowest BCUT2D eigenvalue weighted by Gasteiger charge is -2.11. The van der Waals surface area contributed by atoms with Crippen molar-refractivity contribution in [3.8, 4) is 0 Å². The molecule has 0 spiro atoms. The van der Waals surface area contributed by atoms with Gasteiger partial charge in [-0.2, -0.15) is 0 Å². The molecular weight excluding hydrogens is 325 g/mol. The van der Waals surface area contributed by atoms with Crippen LogP contribution in [0.3, 0.4) is 0 Å². The molecule has 0 bridgehead atoms. The number of nitrogens with zero attached hydrogens (tertiary/aromatic N) is 1. The fourth-order valence-corrected chi connectivity index (χ4v) is 2.59. The first-order valence-corrected chi connectivity index (χ1v) is 7.66. The van der Waals surface area contributed by atoms with Crippen molar-refractivity contribution in [3.63, 3.8) is 0 Å². The Labute approximate surface area is 143 Å². The zero-order valence-corrected chi connectivity index (χ0v) is 13.5. The molecule has 2 aromatic rings. The van der Waals surface area contributed by atoms with Crippen molar-refractivity contribution in [2.75, 3.05) is 12.4 Å². The van der Waals surface area contributed by atoms with Crippen LogP contribution in [0.4, 0.5) is 14.9 Å². The van der Waals surface area contributed by atoms with Crippen molar-refractivity contribution in [1.82, 2.24) is 10.2 Å². The molecule has 2 aromatic carbocycles. The molecule has 0 aliphatic carbocycles. The minimum absolute atomic E-state index is 0.104. The number of carbonyl (C=O) groups is 3. The molecule has 6 nitrogen and oxygen atoms in total. The number of rotatable bonds is 4. The average molecular weight is 341 g/mol. The van der Waals surface area contributed by atoms with Crippen LogP contribution in [-0.2, 0) is 16.0 Å². The van der Waals surface area contributed by atoms with E-state index in [2.05, 4.69) is 10.6 Å². The number of carbonyl (C=O) groups excluding carboxylic acids is 3. The van der Waals surface area contributed by atoms with E-state index >= 15 is 0 Å². The SMILES string of the molecule is CN1C(=O)NC(c2cccc(NC(=O)Cc3ccc(F)cc3)c2)C1=O. The number of anilines is 1. The van der Waals surface area contributed by atoms with Gasteiger partial charge in [-0.05, 0) is 35.4 Å². The van der Waals surface area contributed by atoms with Crippen LogP contribution < -0.4 is 10.6 Å². The third kappa shape index (κ3) is 3.65. The topological polar surface area (TPSA) is 78.5 Å². The highest BCUT2D eigenvalue weighted by molar-refractivity contribution is 6.04. The maximum absolute atomic E-state index is 12.9. The van der Waals surface area contributed by atoms with Gasteiger partial charge >= 0.3 is 6.03 Å². The summed E-state index contributed by atoms with van der Waals surface area (Å²) in [7, 11) is 1.41. The second kappa shape index (κ2) is 6.72. The van der Waals surface area contributed by atoms with Gasteiger partial charge in [-0.1, -0.05) is 24.3 Å². The van der Waals surface area contributed by atoms with E-state index < -0.39 is 12.1 Å². The van der Waals surface area contributed by atoms with Crippen LogP contribution in [0.2, 0.25) is 0 Å². The third-order valence-electron chi connectivity index (χ3n) is 3.93. The summed E-state index contributed by atoms with van der Waals surface area (Å²) < 4.78 is 12.9. The number of halogens is 1. The van der Waals surface area contributed by atoms with Gasteiger partial charge in [0.2, 0.25) is 5.91 Å². The van der Waals surface area contributed by atoms with E-state index in [9.17, 15) is 18.8 Å². The van der Waals surface area contributed by atoms with Crippen LogP contribution in [0.1, 0.15) is 17.2 Å². The Morgan fingerprint density at radius 3 is 2.56 bits per heavy atom. The molecule has 1 atom stereocenters. The minimum atomic E-state index is -0.758. The van der Waals surface area contributed by atoms with Crippen molar-refractivity contribution >= 4 is 23.5 Å². The summed E-state index contributed by atoms with van der Waals surface area (Å²) in [6.45, 7) is 0. The molecule has 3 rings (SSSR count). The molecule has 1 heterocycles. The molecule has 0 saturated carbocycles. The van der Waals surface area contributed by atoms with Gasteiger partial charge < -0.3 is 10.6 Å². The molecule has 1 saturated heterocycles. The van der Waals surface area contributed by atoms with Gasteiger partial charge in [-0.3, -0.25) is 14.5 Å². The Morgan fingerprint density at radius 1 is 1.20 bits per heavy atom. The molecule has 25 heavy (non-hydrogen) atoms. The molecule has 4 amide bonds. The molecule has 7 heteroatoms. The molecule has 1 aliphatic heterocycles. The first kappa shape index (κ1) is 16.6. The summed E-state index contributed by atoms with van der Waals surface area (Å²) >= 11 is 0. The molecule has 2 N–H and O–H groups in total. The Balaban J connectivity index is 1.69. The molecule has 1 aliphatic rings. The normalized spacial score (nSPS) is 16.7. The van der Waals surface area contributed by atoms with Gasteiger partial charge in [-0.25, -0.2) is 9.18 Å². The second-order valence-electron chi connectivity index (χ2n) is 5.76. The fourth-order valence-electron chi connectivity index (χ4n) is 2.59. The Bertz CT molecular complexity index is 836. The van der Waals surface area contributed by atoms with Crippen molar-refractivity contribution < 1.29 is 18.8 Å². The number of benzene rings is 2. The van der Waals surface area contributed by atoms with Crippen LogP contribution in [0.15, 0.2) is 48.5 Å². The highest BCUT2D eigenvalue weighted by Gasteiger charge is 2.36. The van der Waals surface area contributed by atoms with Crippen LogP contribution in [-0.4, -0.2) is 29.8 Å². The van der Waals surface area contributed by atoms with Gasteiger partial charge in [-0.15, -0.1) is 0 Å². The van der Waals surface area contributed by atoms with Crippen LogP contribution in [0, 0.1) is 5.82 Å². The number of urea groups is 1. The lowest BCUT2D eigenvalue weighted by atomic mass is 10.1. The predicted octanol–water partition coefficient (Wildman–Crippen LogP) is 2.23. The monoisotopic (exact) mass is 341 g/mol. The molecule has 0 aromatic heterocycles. The van der Waals surface area contributed by atoms with Gasteiger partial charge in [0.05, 0.1) is 6.42 Å². The van der Waals surface area contributed by atoms with E-state index in [1.165, 1.54) is 19.2 Å². The van der Waals surface area contributed by atoms with E-state index in [0.717, 1.165) is 4.90 Å². The maximum atomic E-state index is 12.9. The number of hydrogen-bond donors (Lipinski definition) is 2. The van der Waals surface area contributed by atoms with Crippen molar-refractivity contribution in [3.05, 3.63) is 65.5 Å². The number of likely N-dealkylation sites (N-methyl/N-ethyl adjacent to an activating group) is 1. The largest absolute Gasteiger partial charge is 0.326 e. The molecule has 1 unspecified atom stereocenters. The van der Waals surface area contributed by atoms with Crippen molar-refractivity contribution in [2.24, 2.45) is 0 Å². The van der Waals surface area contributed by atoms with Crippen molar-refractivity contribution in [1.29, 1.82) is 0 Å². The summed E-state index contributed by atoms with van der Waals surface area (Å²) in [4.78, 5) is 36.7. The number of nitrogens with one attached hydrogen (secondary N) is 2. The highest BCUT2D eigenvalue weighted by Crippen LogP contribution is 2.23. The number of amides is 4. The summed E-state index contributed by atoms with van der Waals surface area (Å²) in [5.74, 6) is -0.965. The average Bonchev–Trinajstić information content (AvgIpc) is 2.85. The van der Waals surface area contributed by atoms with Gasteiger partial charge in [0.25, 0.3) is 5.91 Å². The van der Waals surface area contributed by atoms with E-state index in [1.54, 1.807) is 36.4 Å². The van der Waals surface area contributed by atoms with Gasteiger partial charge in [0, 0.05) is 12.7 Å². The van der Waals surface area contributed by atoms with E-state index in [4.69, 9.17) is 0 Å². The first-order chi connectivity index (χ1) is 11.9. The summed E-state index contributed by atoms with van der Waals surface area (Å²) in [6.07, 6.45) is 0.104. The van der Waals surface area contributed by atoms with Crippen LogP contribution >= 0.6 is 0 Å². The van der Waals surface area contributed by atoms with Crippen LogP contribution in [0.25, 0.3) is 0 Å². The third-order valence-corrected chi connectivity index (χ3v) is 3.93. The molecule has 0 radical (unpaired) electrons. The number of imide groups is 1. The summed E-state index contributed by atoms with van der Waals surface area (Å²) in [5.41, 5.74) is 1.79. The molecule has 1 fully saturated rings.